The molecule has 1 aliphatic rings. The molecule has 0 saturated heterocycles. The van der Waals surface area contributed by atoms with Crippen LogP contribution in [0.2, 0.25) is 5.02 Å². The molecule has 4 nitrogen and oxygen atoms in total. The molecule has 1 atom stereocenters. The van der Waals surface area contributed by atoms with E-state index in [-0.39, 0.29) is 17.9 Å². The molecular formula is C19H20ClNO3. The maximum absolute atomic E-state index is 12.5. The maximum atomic E-state index is 12.5. The molecule has 0 radical (unpaired) electrons. The van der Waals surface area contributed by atoms with Gasteiger partial charge >= 0.3 is 0 Å². The number of nitrogens with one attached hydrogen (secondary N) is 1. The highest BCUT2D eigenvalue weighted by Gasteiger charge is 2.22. The zero-order valence-electron chi connectivity index (χ0n) is 13.7. The first-order valence-electron chi connectivity index (χ1n) is 8.00. The average molecular weight is 346 g/mol. The first-order chi connectivity index (χ1) is 11.5. The van der Waals surface area contributed by atoms with Crippen molar-refractivity contribution in [3.05, 3.63) is 58.6 Å². The van der Waals surface area contributed by atoms with Gasteiger partial charge in [-0.05, 0) is 41.8 Å². The summed E-state index contributed by atoms with van der Waals surface area (Å²) in [7, 11) is 0. The third-order valence-electron chi connectivity index (χ3n) is 3.97. The van der Waals surface area contributed by atoms with Crippen LogP contribution in [0.1, 0.15) is 35.8 Å². The Morgan fingerprint density at radius 1 is 1.08 bits per heavy atom. The van der Waals surface area contributed by atoms with Crippen molar-refractivity contribution in [3.63, 3.8) is 0 Å². The van der Waals surface area contributed by atoms with E-state index < -0.39 is 0 Å². The zero-order chi connectivity index (χ0) is 17.1. The fraction of sp³-hybridized carbons (Fsp3) is 0.316. The number of ether oxygens (including phenoxy) is 2. The molecule has 1 unspecified atom stereocenters. The number of rotatable bonds is 4. The van der Waals surface area contributed by atoms with Crippen molar-refractivity contribution in [1.82, 2.24) is 5.32 Å². The molecule has 0 bridgehead atoms. The van der Waals surface area contributed by atoms with E-state index >= 15 is 0 Å². The summed E-state index contributed by atoms with van der Waals surface area (Å²) < 4.78 is 11.2. The van der Waals surface area contributed by atoms with Gasteiger partial charge in [-0.1, -0.05) is 37.6 Å². The highest BCUT2D eigenvalue weighted by molar-refractivity contribution is 6.30. The number of fused-ring (bicyclic) bond motifs is 1. The van der Waals surface area contributed by atoms with E-state index in [0.29, 0.717) is 23.8 Å². The number of carbonyl (C=O) groups excluding carboxylic acids is 1. The van der Waals surface area contributed by atoms with E-state index in [4.69, 9.17) is 21.1 Å². The van der Waals surface area contributed by atoms with Crippen LogP contribution in [0, 0.1) is 5.92 Å². The molecule has 0 aliphatic carbocycles. The van der Waals surface area contributed by atoms with Gasteiger partial charge in [-0.3, -0.25) is 4.79 Å². The Labute approximate surface area is 146 Å². The summed E-state index contributed by atoms with van der Waals surface area (Å²) in [5, 5.41) is 3.63. The van der Waals surface area contributed by atoms with Gasteiger partial charge in [0.2, 0.25) is 0 Å². The predicted molar refractivity (Wildman–Crippen MR) is 93.9 cm³/mol. The van der Waals surface area contributed by atoms with Gasteiger partial charge < -0.3 is 14.8 Å². The SMILES string of the molecule is CC(C)C(NC(=O)c1cccc(Cl)c1)c1ccc2c(c1)OCCO2. The lowest BCUT2D eigenvalue weighted by Gasteiger charge is -2.25. The van der Waals surface area contributed by atoms with Gasteiger partial charge in [-0.2, -0.15) is 0 Å². The number of carbonyl (C=O) groups is 1. The number of hydrogen-bond donors (Lipinski definition) is 1. The fourth-order valence-electron chi connectivity index (χ4n) is 2.74. The molecule has 126 valence electrons. The summed E-state index contributed by atoms with van der Waals surface area (Å²) in [5.41, 5.74) is 1.54. The third kappa shape index (κ3) is 3.65. The Morgan fingerprint density at radius 2 is 1.83 bits per heavy atom. The highest BCUT2D eigenvalue weighted by atomic mass is 35.5. The first kappa shape index (κ1) is 16.7. The van der Waals surface area contributed by atoms with Gasteiger partial charge in [-0.15, -0.1) is 0 Å². The van der Waals surface area contributed by atoms with E-state index in [1.54, 1.807) is 24.3 Å². The minimum atomic E-state index is -0.147. The Bertz CT molecular complexity index is 745. The van der Waals surface area contributed by atoms with E-state index in [1.807, 2.05) is 18.2 Å². The minimum absolute atomic E-state index is 0.132. The van der Waals surface area contributed by atoms with Gasteiger partial charge in [0.25, 0.3) is 5.91 Å². The van der Waals surface area contributed by atoms with E-state index in [9.17, 15) is 4.79 Å². The maximum Gasteiger partial charge on any atom is 0.251 e. The Morgan fingerprint density at radius 3 is 2.54 bits per heavy atom. The van der Waals surface area contributed by atoms with Crippen LogP contribution in [0.5, 0.6) is 11.5 Å². The Balaban J connectivity index is 1.83. The van der Waals surface area contributed by atoms with Crippen LogP contribution in [0.4, 0.5) is 0 Å². The van der Waals surface area contributed by atoms with Crippen molar-refractivity contribution >= 4 is 17.5 Å². The monoisotopic (exact) mass is 345 g/mol. The van der Waals surface area contributed by atoms with Crippen LogP contribution in [0.25, 0.3) is 0 Å². The molecule has 5 heteroatoms. The number of amides is 1. The van der Waals surface area contributed by atoms with E-state index in [2.05, 4.69) is 19.2 Å². The Kier molecular flexibility index (Phi) is 4.95. The summed E-state index contributed by atoms with van der Waals surface area (Å²) in [6.07, 6.45) is 0. The van der Waals surface area contributed by atoms with Gasteiger partial charge in [0.05, 0.1) is 6.04 Å². The van der Waals surface area contributed by atoms with Gasteiger partial charge in [0.1, 0.15) is 13.2 Å². The molecule has 2 aromatic rings. The molecule has 1 N–H and O–H groups in total. The molecule has 1 aliphatic heterocycles. The van der Waals surface area contributed by atoms with Crippen molar-refractivity contribution in [2.45, 2.75) is 19.9 Å². The lowest BCUT2D eigenvalue weighted by Crippen LogP contribution is -2.31. The van der Waals surface area contributed by atoms with Gasteiger partial charge in [0.15, 0.2) is 11.5 Å². The normalized spacial score (nSPS) is 14.3. The second-order valence-corrected chi connectivity index (χ2v) is 6.55. The summed E-state index contributed by atoms with van der Waals surface area (Å²) in [4.78, 5) is 12.5. The van der Waals surface area contributed by atoms with Crippen molar-refractivity contribution in [2.75, 3.05) is 13.2 Å². The second kappa shape index (κ2) is 7.14. The third-order valence-corrected chi connectivity index (χ3v) is 4.20. The van der Waals surface area contributed by atoms with Crippen LogP contribution in [-0.2, 0) is 0 Å². The number of benzene rings is 2. The summed E-state index contributed by atoms with van der Waals surface area (Å²) >= 11 is 5.97. The van der Waals surface area contributed by atoms with Crippen LogP contribution in [-0.4, -0.2) is 19.1 Å². The standard InChI is InChI=1S/C19H20ClNO3/c1-12(2)18(21-19(22)14-4-3-5-15(20)10-14)13-6-7-16-17(11-13)24-9-8-23-16/h3-7,10-12,18H,8-9H2,1-2H3,(H,21,22). The van der Waals surface area contributed by atoms with Crippen LogP contribution in [0.3, 0.4) is 0 Å². The molecule has 0 fully saturated rings. The molecule has 1 heterocycles. The molecule has 0 aromatic heterocycles. The van der Waals surface area contributed by atoms with E-state index in [0.717, 1.165) is 17.1 Å². The van der Waals surface area contributed by atoms with Crippen molar-refractivity contribution in [2.24, 2.45) is 5.92 Å². The predicted octanol–water partition coefficient (Wildman–Crippen LogP) is 4.24. The van der Waals surface area contributed by atoms with Crippen LogP contribution < -0.4 is 14.8 Å². The molecule has 3 rings (SSSR count). The smallest absolute Gasteiger partial charge is 0.251 e. The first-order valence-corrected chi connectivity index (χ1v) is 8.38. The quantitative estimate of drug-likeness (QED) is 0.901. The topological polar surface area (TPSA) is 47.6 Å². The average Bonchev–Trinajstić information content (AvgIpc) is 2.58. The van der Waals surface area contributed by atoms with Crippen molar-refractivity contribution in [1.29, 1.82) is 0 Å². The fourth-order valence-corrected chi connectivity index (χ4v) is 2.93. The molecule has 2 aromatic carbocycles. The van der Waals surface area contributed by atoms with E-state index in [1.165, 1.54) is 0 Å². The summed E-state index contributed by atoms with van der Waals surface area (Å²) in [6, 6.07) is 12.6. The number of hydrogen-bond acceptors (Lipinski definition) is 3. The second-order valence-electron chi connectivity index (χ2n) is 6.11. The van der Waals surface area contributed by atoms with Crippen molar-refractivity contribution < 1.29 is 14.3 Å². The van der Waals surface area contributed by atoms with Crippen LogP contribution in [0.15, 0.2) is 42.5 Å². The zero-order valence-corrected chi connectivity index (χ0v) is 14.5. The lowest BCUT2D eigenvalue weighted by molar-refractivity contribution is 0.0925. The molecular weight excluding hydrogens is 326 g/mol. The van der Waals surface area contributed by atoms with Crippen molar-refractivity contribution in [3.8, 4) is 11.5 Å². The van der Waals surface area contributed by atoms with Gasteiger partial charge in [-0.25, -0.2) is 0 Å². The molecule has 24 heavy (non-hydrogen) atoms. The summed E-state index contributed by atoms with van der Waals surface area (Å²) in [5.74, 6) is 1.54. The largest absolute Gasteiger partial charge is 0.486 e. The molecule has 0 spiro atoms. The number of halogens is 1. The molecule has 0 saturated carbocycles. The lowest BCUT2D eigenvalue weighted by atomic mass is 9.95. The minimum Gasteiger partial charge on any atom is -0.486 e. The van der Waals surface area contributed by atoms with Crippen LogP contribution >= 0.6 is 11.6 Å². The highest BCUT2D eigenvalue weighted by Crippen LogP contribution is 2.34. The van der Waals surface area contributed by atoms with Gasteiger partial charge in [0, 0.05) is 10.6 Å². The summed E-state index contributed by atoms with van der Waals surface area (Å²) in [6.45, 7) is 5.24. The molecule has 1 amide bonds. The Hall–Kier alpha value is -2.20.